The number of ketones is 1. The third-order valence-electron chi connectivity index (χ3n) is 2.07. The van der Waals surface area contributed by atoms with Gasteiger partial charge >= 0.3 is 0 Å². The molecule has 0 heterocycles. The molecule has 108 valence electrons. The first-order valence-corrected chi connectivity index (χ1v) is 6.91. The van der Waals surface area contributed by atoms with Crippen molar-refractivity contribution in [3.05, 3.63) is 35.9 Å². The zero-order chi connectivity index (χ0) is 15.3. The summed E-state index contributed by atoms with van der Waals surface area (Å²) in [5.74, 6) is -0.0530. The molecule has 0 aromatic heterocycles. The van der Waals surface area contributed by atoms with Gasteiger partial charge < -0.3 is 5.32 Å². The highest BCUT2D eigenvalue weighted by Gasteiger charge is 2.13. The third-order valence-corrected chi connectivity index (χ3v) is 2.07. The summed E-state index contributed by atoms with van der Waals surface area (Å²) in [6.07, 6.45) is 0.337. The highest BCUT2D eigenvalue weighted by atomic mass is 16.1. The standard InChI is InChI=1S/C12H15NO2.2C2H6/c1-9(14)8-12(13-10(2)15)11-6-4-3-5-7-11;2*1-2/h3-7,12H,8H2,1-2H3,(H,13,15);2*1-2H3/t12-;;/m0../s1. The van der Waals surface area contributed by atoms with Gasteiger partial charge in [-0.3, -0.25) is 9.59 Å². The molecule has 0 saturated carbocycles. The van der Waals surface area contributed by atoms with Gasteiger partial charge in [0.1, 0.15) is 5.78 Å². The van der Waals surface area contributed by atoms with Gasteiger partial charge in [0, 0.05) is 13.3 Å². The van der Waals surface area contributed by atoms with Crippen LogP contribution in [0, 0.1) is 0 Å². The van der Waals surface area contributed by atoms with Crippen LogP contribution in [0.15, 0.2) is 30.3 Å². The summed E-state index contributed by atoms with van der Waals surface area (Å²) in [7, 11) is 0. The Balaban J connectivity index is 0. The Morgan fingerprint density at radius 3 is 1.84 bits per heavy atom. The summed E-state index contributed by atoms with van der Waals surface area (Å²) < 4.78 is 0. The van der Waals surface area contributed by atoms with Crippen LogP contribution in [0.3, 0.4) is 0 Å². The third kappa shape index (κ3) is 10.0. The van der Waals surface area contributed by atoms with Crippen molar-refractivity contribution in [1.29, 1.82) is 0 Å². The number of carbonyl (C=O) groups is 2. The van der Waals surface area contributed by atoms with Crippen LogP contribution in [-0.2, 0) is 9.59 Å². The van der Waals surface area contributed by atoms with Crippen LogP contribution >= 0.6 is 0 Å². The maximum atomic E-state index is 11.1. The van der Waals surface area contributed by atoms with Crippen LogP contribution in [0.2, 0.25) is 0 Å². The maximum Gasteiger partial charge on any atom is 0.217 e. The minimum Gasteiger partial charge on any atom is -0.349 e. The van der Waals surface area contributed by atoms with E-state index >= 15 is 0 Å². The molecule has 0 fully saturated rings. The smallest absolute Gasteiger partial charge is 0.217 e. The van der Waals surface area contributed by atoms with Gasteiger partial charge in [0.25, 0.3) is 0 Å². The molecule has 19 heavy (non-hydrogen) atoms. The molecule has 0 bridgehead atoms. The van der Waals surface area contributed by atoms with Gasteiger partial charge in [-0.2, -0.15) is 0 Å². The van der Waals surface area contributed by atoms with Crippen molar-refractivity contribution in [3.63, 3.8) is 0 Å². The monoisotopic (exact) mass is 265 g/mol. The predicted molar refractivity (Wildman–Crippen MR) is 81.0 cm³/mol. The lowest BCUT2D eigenvalue weighted by Crippen LogP contribution is -2.27. The fraction of sp³-hybridized carbons (Fsp3) is 0.500. The van der Waals surface area contributed by atoms with E-state index in [1.54, 1.807) is 0 Å². The predicted octanol–water partition coefficient (Wildman–Crippen LogP) is 3.90. The molecular formula is C16H27NO2. The molecule has 0 aliphatic rings. The normalized spacial score (nSPS) is 10.0. The molecular weight excluding hydrogens is 238 g/mol. The Hall–Kier alpha value is -1.64. The fourth-order valence-electron chi connectivity index (χ4n) is 1.47. The number of carbonyl (C=O) groups excluding carboxylic acids is 2. The molecule has 0 aliphatic carbocycles. The van der Waals surface area contributed by atoms with Crippen LogP contribution in [-0.4, -0.2) is 11.7 Å². The van der Waals surface area contributed by atoms with Gasteiger partial charge in [-0.25, -0.2) is 0 Å². The zero-order valence-electron chi connectivity index (χ0n) is 13.0. The molecule has 0 spiro atoms. The summed E-state index contributed by atoms with van der Waals surface area (Å²) in [4.78, 5) is 22.0. The number of hydrogen-bond donors (Lipinski definition) is 1. The van der Waals surface area contributed by atoms with Crippen LogP contribution in [0.4, 0.5) is 0 Å². The number of hydrogen-bond acceptors (Lipinski definition) is 2. The second-order valence-electron chi connectivity index (χ2n) is 3.57. The van der Waals surface area contributed by atoms with Crippen LogP contribution < -0.4 is 5.32 Å². The van der Waals surface area contributed by atoms with Crippen molar-refractivity contribution in [2.24, 2.45) is 0 Å². The summed E-state index contributed by atoms with van der Waals surface area (Å²) in [6, 6.07) is 9.30. The van der Waals surface area contributed by atoms with Crippen molar-refractivity contribution < 1.29 is 9.59 Å². The highest BCUT2D eigenvalue weighted by molar-refractivity contribution is 5.78. The Morgan fingerprint density at radius 2 is 1.47 bits per heavy atom. The molecule has 3 heteroatoms. The summed E-state index contributed by atoms with van der Waals surface area (Å²) in [6.45, 7) is 11.0. The second-order valence-corrected chi connectivity index (χ2v) is 3.57. The Kier molecular flexibility index (Phi) is 13.3. The van der Waals surface area contributed by atoms with E-state index in [1.807, 2.05) is 58.0 Å². The molecule has 0 unspecified atom stereocenters. The second kappa shape index (κ2) is 12.8. The number of benzene rings is 1. The van der Waals surface area contributed by atoms with E-state index in [9.17, 15) is 9.59 Å². The van der Waals surface area contributed by atoms with Gasteiger partial charge in [0.2, 0.25) is 5.91 Å². The lowest BCUT2D eigenvalue weighted by atomic mass is 10.0. The molecule has 1 aromatic rings. The van der Waals surface area contributed by atoms with E-state index in [0.717, 1.165) is 5.56 Å². The molecule has 1 amide bonds. The van der Waals surface area contributed by atoms with Crippen LogP contribution in [0.5, 0.6) is 0 Å². The molecule has 0 aliphatic heterocycles. The molecule has 1 N–H and O–H groups in total. The van der Waals surface area contributed by atoms with E-state index in [1.165, 1.54) is 13.8 Å². The average molecular weight is 265 g/mol. The lowest BCUT2D eigenvalue weighted by molar-refractivity contribution is -0.120. The van der Waals surface area contributed by atoms with Crippen molar-refractivity contribution in [1.82, 2.24) is 5.32 Å². The van der Waals surface area contributed by atoms with E-state index in [-0.39, 0.29) is 17.7 Å². The van der Waals surface area contributed by atoms with Crippen molar-refractivity contribution in [3.8, 4) is 0 Å². The number of amides is 1. The Labute approximate surface area is 117 Å². The first-order valence-electron chi connectivity index (χ1n) is 6.91. The average Bonchev–Trinajstić information content (AvgIpc) is 2.42. The zero-order valence-corrected chi connectivity index (χ0v) is 13.0. The van der Waals surface area contributed by atoms with E-state index < -0.39 is 0 Å². The molecule has 0 saturated heterocycles. The van der Waals surface area contributed by atoms with Crippen molar-refractivity contribution in [2.75, 3.05) is 0 Å². The minimum absolute atomic E-state index is 0.0672. The molecule has 1 atom stereocenters. The largest absolute Gasteiger partial charge is 0.349 e. The van der Waals surface area contributed by atoms with Gasteiger partial charge in [0.15, 0.2) is 0 Å². The fourth-order valence-corrected chi connectivity index (χ4v) is 1.47. The summed E-state index contributed by atoms with van der Waals surface area (Å²) in [5, 5.41) is 2.77. The molecule has 0 radical (unpaired) electrons. The Bertz CT molecular complexity index is 331. The van der Waals surface area contributed by atoms with Crippen LogP contribution in [0.1, 0.15) is 59.6 Å². The quantitative estimate of drug-likeness (QED) is 0.897. The van der Waals surface area contributed by atoms with E-state index in [4.69, 9.17) is 0 Å². The summed E-state index contributed by atoms with van der Waals surface area (Å²) in [5.41, 5.74) is 0.961. The van der Waals surface area contributed by atoms with Gasteiger partial charge in [-0.15, -0.1) is 0 Å². The molecule has 1 rings (SSSR count). The molecule has 1 aromatic carbocycles. The van der Waals surface area contributed by atoms with Gasteiger partial charge in [-0.1, -0.05) is 58.0 Å². The van der Waals surface area contributed by atoms with Crippen molar-refractivity contribution >= 4 is 11.7 Å². The topological polar surface area (TPSA) is 46.2 Å². The van der Waals surface area contributed by atoms with Gasteiger partial charge in [0.05, 0.1) is 6.04 Å². The number of Topliss-reactive ketones (excluding diaryl/α,β-unsaturated/α-hetero) is 1. The van der Waals surface area contributed by atoms with E-state index in [0.29, 0.717) is 6.42 Å². The first kappa shape index (κ1) is 19.7. The van der Waals surface area contributed by atoms with Crippen LogP contribution in [0.25, 0.3) is 0 Å². The van der Waals surface area contributed by atoms with E-state index in [2.05, 4.69) is 5.32 Å². The summed E-state index contributed by atoms with van der Waals surface area (Å²) >= 11 is 0. The lowest BCUT2D eigenvalue weighted by Gasteiger charge is -2.16. The highest BCUT2D eigenvalue weighted by Crippen LogP contribution is 2.16. The number of rotatable bonds is 4. The first-order chi connectivity index (χ1) is 9.09. The number of nitrogens with one attached hydrogen (secondary N) is 1. The SMILES string of the molecule is CC.CC.CC(=O)C[C@H](NC(C)=O)c1ccccc1. The van der Waals surface area contributed by atoms with Crippen molar-refractivity contribution in [2.45, 2.75) is 54.0 Å². The maximum absolute atomic E-state index is 11.1. The Morgan fingerprint density at radius 1 is 1.00 bits per heavy atom. The van der Waals surface area contributed by atoms with Gasteiger partial charge in [-0.05, 0) is 12.5 Å². The molecule has 3 nitrogen and oxygen atoms in total. The minimum atomic E-state index is -0.207.